The van der Waals surface area contributed by atoms with E-state index in [-0.39, 0.29) is 23.4 Å². The zero-order valence-corrected chi connectivity index (χ0v) is 22.2. The van der Waals surface area contributed by atoms with Crippen LogP contribution in [0, 0.1) is 5.41 Å². The molecule has 0 saturated carbocycles. The summed E-state index contributed by atoms with van der Waals surface area (Å²) in [5.41, 5.74) is 2.44. The van der Waals surface area contributed by atoms with E-state index in [4.69, 9.17) is 18.9 Å². The molecule has 2 aromatic carbocycles. The fourth-order valence-electron chi connectivity index (χ4n) is 4.08. The topological polar surface area (TPSA) is 49.0 Å². The molecule has 2 aromatic rings. The second-order valence-electron chi connectivity index (χ2n) is 9.85. The Hall–Kier alpha value is -1.63. The van der Waals surface area contributed by atoms with Crippen LogP contribution in [0.1, 0.15) is 52.2 Å². The molecule has 0 aromatic heterocycles. The summed E-state index contributed by atoms with van der Waals surface area (Å²) in [6, 6.07) is 9.99. The van der Waals surface area contributed by atoms with Crippen LogP contribution in [-0.2, 0) is 13.2 Å². The molecule has 0 aliphatic carbocycles. The first kappa shape index (κ1) is 26.6. The van der Waals surface area contributed by atoms with Crippen LogP contribution in [-0.4, -0.2) is 25.9 Å². The molecular formula is C25H35BrClNO4. The Morgan fingerprint density at radius 1 is 0.969 bits per heavy atom. The standard InChI is InChI=1S/C25H34BrNO4.ClH/c1-24(2,3)16-25(4,5)27-14-18-11-19(26)23(22(13-18)28-6)31-15-17-7-8-20-21(12-17)30-10-9-29-20;/h7-8,11-13,27H,9-10,14-16H2,1-6H3;1H. The Kier molecular flexibility index (Phi) is 9.15. The van der Waals surface area contributed by atoms with Gasteiger partial charge in [-0.05, 0) is 77.0 Å². The Bertz CT molecular complexity index is 912. The number of hydrogen-bond donors (Lipinski definition) is 1. The predicted molar refractivity (Wildman–Crippen MR) is 135 cm³/mol. The highest BCUT2D eigenvalue weighted by atomic mass is 79.9. The number of nitrogens with one attached hydrogen (secondary N) is 1. The number of ether oxygens (including phenoxy) is 4. The molecule has 178 valence electrons. The maximum Gasteiger partial charge on any atom is 0.175 e. The van der Waals surface area contributed by atoms with Gasteiger partial charge < -0.3 is 24.3 Å². The molecule has 0 saturated heterocycles. The molecule has 0 radical (unpaired) electrons. The lowest BCUT2D eigenvalue weighted by Crippen LogP contribution is -2.41. The van der Waals surface area contributed by atoms with Crippen molar-refractivity contribution in [1.29, 1.82) is 0 Å². The van der Waals surface area contributed by atoms with Crippen molar-refractivity contribution >= 4 is 28.3 Å². The van der Waals surface area contributed by atoms with Gasteiger partial charge in [0.25, 0.3) is 0 Å². The zero-order chi connectivity index (χ0) is 22.6. The highest BCUT2D eigenvalue weighted by molar-refractivity contribution is 9.10. The SMILES string of the molecule is COc1cc(CNC(C)(C)CC(C)(C)C)cc(Br)c1OCc1ccc2c(c1)OCCO2.Cl. The number of fused-ring (bicyclic) bond motifs is 1. The van der Waals surface area contributed by atoms with Crippen molar-refractivity contribution < 1.29 is 18.9 Å². The van der Waals surface area contributed by atoms with Gasteiger partial charge in [0.1, 0.15) is 19.8 Å². The van der Waals surface area contributed by atoms with Gasteiger partial charge in [-0.2, -0.15) is 0 Å². The van der Waals surface area contributed by atoms with E-state index >= 15 is 0 Å². The van der Waals surface area contributed by atoms with E-state index in [0.717, 1.165) is 40.1 Å². The Labute approximate surface area is 206 Å². The van der Waals surface area contributed by atoms with E-state index in [1.165, 1.54) is 0 Å². The molecule has 3 rings (SSSR count). The molecule has 0 spiro atoms. The normalized spacial score (nSPS) is 13.3. The number of benzene rings is 2. The highest BCUT2D eigenvalue weighted by Gasteiger charge is 2.25. The predicted octanol–water partition coefficient (Wildman–Crippen LogP) is 6.53. The Balaban J connectivity index is 0.00000363. The van der Waals surface area contributed by atoms with Gasteiger partial charge in [-0.1, -0.05) is 26.8 Å². The molecule has 0 fully saturated rings. The van der Waals surface area contributed by atoms with Gasteiger partial charge in [0.15, 0.2) is 23.0 Å². The average molecular weight is 529 g/mol. The molecule has 0 bridgehead atoms. The molecule has 5 nitrogen and oxygen atoms in total. The summed E-state index contributed by atoms with van der Waals surface area (Å²) in [6.45, 7) is 13.6. The van der Waals surface area contributed by atoms with Crippen LogP contribution < -0.4 is 24.3 Å². The maximum absolute atomic E-state index is 6.11. The Morgan fingerprint density at radius 2 is 1.66 bits per heavy atom. The number of methoxy groups -OCH3 is 1. The molecule has 1 aliphatic rings. The van der Waals surface area contributed by atoms with Crippen LogP contribution in [0.15, 0.2) is 34.8 Å². The summed E-state index contributed by atoms with van der Waals surface area (Å²) < 4.78 is 23.9. The first-order chi connectivity index (χ1) is 14.6. The van der Waals surface area contributed by atoms with E-state index in [1.54, 1.807) is 7.11 Å². The van der Waals surface area contributed by atoms with Crippen molar-refractivity contribution in [2.45, 2.75) is 59.7 Å². The maximum atomic E-state index is 6.11. The molecule has 0 unspecified atom stereocenters. The minimum absolute atomic E-state index is 0. The Morgan fingerprint density at radius 3 is 2.31 bits per heavy atom. The zero-order valence-electron chi connectivity index (χ0n) is 19.8. The third-order valence-corrected chi connectivity index (χ3v) is 5.61. The third kappa shape index (κ3) is 7.46. The van der Waals surface area contributed by atoms with E-state index < -0.39 is 0 Å². The van der Waals surface area contributed by atoms with Crippen molar-refractivity contribution in [2.75, 3.05) is 20.3 Å². The number of halogens is 2. The van der Waals surface area contributed by atoms with Crippen molar-refractivity contribution in [1.82, 2.24) is 5.32 Å². The van der Waals surface area contributed by atoms with E-state index in [0.29, 0.717) is 31.3 Å². The lowest BCUT2D eigenvalue weighted by molar-refractivity contribution is 0.171. The second-order valence-corrected chi connectivity index (χ2v) is 10.7. The van der Waals surface area contributed by atoms with Gasteiger partial charge in [0.2, 0.25) is 0 Å². The van der Waals surface area contributed by atoms with Crippen LogP contribution in [0.4, 0.5) is 0 Å². The highest BCUT2D eigenvalue weighted by Crippen LogP contribution is 2.38. The van der Waals surface area contributed by atoms with Crippen LogP contribution in [0.3, 0.4) is 0 Å². The van der Waals surface area contributed by atoms with Crippen LogP contribution in [0.2, 0.25) is 0 Å². The first-order valence-corrected chi connectivity index (χ1v) is 11.5. The lowest BCUT2D eigenvalue weighted by Gasteiger charge is -2.33. The van der Waals surface area contributed by atoms with E-state index in [2.05, 4.69) is 61.9 Å². The molecule has 1 aliphatic heterocycles. The van der Waals surface area contributed by atoms with Gasteiger partial charge in [0, 0.05) is 12.1 Å². The van der Waals surface area contributed by atoms with Crippen molar-refractivity contribution in [3.63, 3.8) is 0 Å². The first-order valence-electron chi connectivity index (χ1n) is 10.7. The van der Waals surface area contributed by atoms with Gasteiger partial charge >= 0.3 is 0 Å². The van der Waals surface area contributed by atoms with Crippen molar-refractivity contribution in [3.8, 4) is 23.0 Å². The lowest BCUT2D eigenvalue weighted by atomic mass is 9.82. The molecule has 1 heterocycles. The summed E-state index contributed by atoms with van der Waals surface area (Å²) in [4.78, 5) is 0. The van der Waals surface area contributed by atoms with E-state index in [1.807, 2.05) is 24.3 Å². The number of rotatable bonds is 8. The van der Waals surface area contributed by atoms with Crippen molar-refractivity contribution in [3.05, 3.63) is 45.9 Å². The fourth-order valence-corrected chi connectivity index (χ4v) is 4.68. The van der Waals surface area contributed by atoms with Crippen LogP contribution in [0.5, 0.6) is 23.0 Å². The molecule has 0 amide bonds. The van der Waals surface area contributed by atoms with Gasteiger partial charge in [-0.3, -0.25) is 0 Å². The second kappa shape index (κ2) is 11.0. The van der Waals surface area contributed by atoms with E-state index in [9.17, 15) is 0 Å². The summed E-state index contributed by atoms with van der Waals surface area (Å²) in [5.74, 6) is 2.94. The minimum Gasteiger partial charge on any atom is -0.493 e. The minimum atomic E-state index is 0. The van der Waals surface area contributed by atoms with Crippen LogP contribution in [0.25, 0.3) is 0 Å². The van der Waals surface area contributed by atoms with Gasteiger partial charge in [0.05, 0.1) is 11.6 Å². The molecule has 1 N–H and O–H groups in total. The van der Waals surface area contributed by atoms with Crippen LogP contribution >= 0.6 is 28.3 Å². The van der Waals surface area contributed by atoms with Gasteiger partial charge in [-0.25, -0.2) is 0 Å². The molecule has 7 heteroatoms. The quantitative estimate of drug-likeness (QED) is 0.422. The molecule has 32 heavy (non-hydrogen) atoms. The number of hydrogen-bond acceptors (Lipinski definition) is 5. The smallest absolute Gasteiger partial charge is 0.175 e. The largest absolute Gasteiger partial charge is 0.493 e. The monoisotopic (exact) mass is 527 g/mol. The third-order valence-electron chi connectivity index (χ3n) is 5.02. The summed E-state index contributed by atoms with van der Waals surface area (Å²) in [5, 5.41) is 3.67. The van der Waals surface area contributed by atoms with Gasteiger partial charge in [-0.15, -0.1) is 12.4 Å². The average Bonchev–Trinajstić information content (AvgIpc) is 2.69. The molecular weight excluding hydrogens is 494 g/mol. The molecule has 0 atom stereocenters. The summed E-state index contributed by atoms with van der Waals surface area (Å²) >= 11 is 3.66. The van der Waals surface area contributed by atoms with Crippen molar-refractivity contribution in [2.24, 2.45) is 5.41 Å². The summed E-state index contributed by atoms with van der Waals surface area (Å²) in [7, 11) is 1.67. The fraction of sp³-hybridized carbons (Fsp3) is 0.520. The summed E-state index contributed by atoms with van der Waals surface area (Å²) in [6.07, 6.45) is 1.08.